The number of rotatable bonds is 2. The van der Waals surface area contributed by atoms with Crippen LogP contribution in [0.1, 0.15) is 26.5 Å². The number of amides is 1. The molecule has 0 bridgehead atoms. The third-order valence-electron chi connectivity index (χ3n) is 2.52. The van der Waals surface area contributed by atoms with Crippen molar-refractivity contribution in [2.75, 3.05) is 0 Å². The van der Waals surface area contributed by atoms with E-state index in [2.05, 4.69) is 26.2 Å². The molecule has 5 heteroatoms. The predicted octanol–water partition coefficient (Wildman–Crippen LogP) is 4.02. The fraction of sp³-hybridized carbons (Fsp3) is 0.333. The average molecular weight is 337 g/mol. The number of pyridine rings is 1. The first kappa shape index (κ1) is 14.8. The van der Waals surface area contributed by atoms with Crippen LogP contribution in [-0.2, 0) is 11.3 Å². The van der Waals surface area contributed by atoms with Crippen molar-refractivity contribution in [2.45, 2.75) is 32.9 Å². The van der Waals surface area contributed by atoms with E-state index in [9.17, 15) is 4.79 Å². The van der Waals surface area contributed by atoms with Crippen molar-refractivity contribution in [3.8, 4) is 0 Å². The van der Waals surface area contributed by atoms with Crippen LogP contribution in [0.3, 0.4) is 0 Å². The van der Waals surface area contributed by atoms with Crippen molar-refractivity contribution < 1.29 is 9.53 Å². The van der Waals surface area contributed by atoms with Gasteiger partial charge in [0.15, 0.2) is 0 Å². The molecular weight excluding hydrogens is 320 g/mol. The summed E-state index contributed by atoms with van der Waals surface area (Å²) in [5.41, 5.74) is 1.19. The van der Waals surface area contributed by atoms with Gasteiger partial charge in [-0.2, -0.15) is 0 Å². The first-order valence-electron chi connectivity index (χ1n) is 6.35. The van der Waals surface area contributed by atoms with Gasteiger partial charge < -0.3 is 10.1 Å². The molecule has 0 fully saturated rings. The third kappa shape index (κ3) is 4.20. The summed E-state index contributed by atoms with van der Waals surface area (Å²) in [6, 6.07) is 9.81. The summed E-state index contributed by atoms with van der Waals surface area (Å²) < 4.78 is 6.16. The highest BCUT2D eigenvalue weighted by atomic mass is 79.9. The summed E-state index contributed by atoms with van der Waals surface area (Å²) in [5, 5.41) is 3.76. The summed E-state index contributed by atoms with van der Waals surface area (Å²) in [6.07, 6.45) is -0.436. The highest BCUT2D eigenvalue weighted by Gasteiger charge is 2.15. The molecular formula is C15H17BrN2O2. The molecule has 1 N–H and O–H groups in total. The number of hydrogen-bond donors (Lipinski definition) is 1. The molecule has 2 rings (SSSR count). The van der Waals surface area contributed by atoms with E-state index in [4.69, 9.17) is 4.74 Å². The maximum atomic E-state index is 11.6. The van der Waals surface area contributed by atoms with Crippen molar-refractivity contribution in [1.29, 1.82) is 0 Å². The second-order valence-corrected chi connectivity index (χ2v) is 6.41. The van der Waals surface area contributed by atoms with Gasteiger partial charge in [0.05, 0.1) is 17.8 Å². The van der Waals surface area contributed by atoms with Crippen molar-refractivity contribution in [1.82, 2.24) is 10.3 Å². The van der Waals surface area contributed by atoms with E-state index < -0.39 is 11.7 Å². The molecule has 0 unspecified atom stereocenters. The maximum Gasteiger partial charge on any atom is 0.407 e. The van der Waals surface area contributed by atoms with E-state index in [0.29, 0.717) is 6.54 Å². The molecule has 2 aromatic rings. The van der Waals surface area contributed by atoms with E-state index in [-0.39, 0.29) is 0 Å². The SMILES string of the molecule is CC(C)(C)OC(=O)NCc1ccc2ccc(Br)cc2n1. The Hall–Kier alpha value is -1.62. The molecule has 1 aromatic heterocycles. The van der Waals surface area contributed by atoms with Crippen LogP contribution in [0.4, 0.5) is 4.79 Å². The molecule has 0 radical (unpaired) electrons. The molecule has 1 aromatic carbocycles. The van der Waals surface area contributed by atoms with Gasteiger partial charge in [-0.25, -0.2) is 4.79 Å². The zero-order valence-corrected chi connectivity index (χ0v) is 13.3. The van der Waals surface area contributed by atoms with Gasteiger partial charge in [-0.15, -0.1) is 0 Å². The Morgan fingerprint density at radius 3 is 2.70 bits per heavy atom. The third-order valence-corrected chi connectivity index (χ3v) is 3.02. The van der Waals surface area contributed by atoms with Crippen LogP contribution in [0.5, 0.6) is 0 Å². The lowest BCUT2D eigenvalue weighted by atomic mass is 10.2. The van der Waals surface area contributed by atoms with E-state index in [1.165, 1.54) is 0 Å². The summed E-state index contributed by atoms with van der Waals surface area (Å²) >= 11 is 3.42. The Bertz CT molecular complexity index is 635. The van der Waals surface area contributed by atoms with Gasteiger partial charge in [0, 0.05) is 9.86 Å². The molecule has 0 aliphatic rings. The van der Waals surface area contributed by atoms with Crippen molar-refractivity contribution >= 4 is 32.9 Å². The Kier molecular flexibility index (Phi) is 4.28. The molecule has 4 nitrogen and oxygen atoms in total. The van der Waals surface area contributed by atoms with Gasteiger partial charge in [0.1, 0.15) is 5.60 Å². The minimum absolute atomic E-state index is 0.345. The summed E-state index contributed by atoms with van der Waals surface area (Å²) in [7, 11) is 0. The zero-order chi connectivity index (χ0) is 14.8. The number of ether oxygens (including phenoxy) is 1. The van der Waals surface area contributed by atoms with Gasteiger partial charge in [0.25, 0.3) is 0 Å². The highest BCUT2D eigenvalue weighted by Crippen LogP contribution is 2.18. The number of carbonyl (C=O) groups excluding carboxylic acids is 1. The Labute approximate surface area is 126 Å². The van der Waals surface area contributed by atoms with Crippen LogP contribution in [0.15, 0.2) is 34.8 Å². The second-order valence-electron chi connectivity index (χ2n) is 5.50. The minimum atomic E-state index is -0.494. The van der Waals surface area contributed by atoms with E-state index in [1.54, 1.807) is 0 Å². The van der Waals surface area contributed by atoms with Crippen LogP contribution in [0.25, 0.3) is 10.9 Å². The molecule has 0 saturated carbocycles. The Morgan fingerprint density at radius 2 is 2.00 bits per heavy atom. The maximum absolute atomic E-state index is 11.6. The Balaban J connectivity index is 2.05. The molecule has 20 heavy (non-hydrogen) atoms. The Morgan fingerprint density at radius 1 is 1.30 bits per heavy atom. The van der Waals surface area contributed by atoms with Crippen LogP contribution >= 0.6 is 15.9 Å². The van der Waals surface area contributed by atoms with Crippen LogP contribution in [-0.4, -0.2) is 16.7 Å². The quantitative estimate of drug-likeness (QED) is 0.900. The fourth-order valence-electron chi connectivity index (χ4n) is 1.71. The van der Waals surface area contributed by atoms with Crippen molar-refractivity contribution in [3.05, 3.63) is 40.5 Å². The molecule has 0 atom stereocenters. The first-order valence-corrected chi connectivity index (χ1v) is 7.15. The predicted molar refractivity (Wildman–Crippen MR) is 82.5 cm³/mol. The zero-order valence-electron chi connectivity index (χ0n) is 11.7. The van der Waals surface area contributed by atoms with E-state index >= 15 is 0 Å². The number of nitrogens with one attached hydrogen (secondary N) is 1. The molecule has 1 amide bonds. The normalized spacial score (nSPS) is 11.4. The van der Waals surface area contributed by atoms with Crippen LogP contribution < -0.4 is 5.32 Å². The first-order chi connectivity index (χ1) is 9.33. The lowest BCUT2D eigenvalue weighted by molar-refractivity contribution is 0.0523. The molecule has 0 saturated heterocycles. The summed E-state index contributed by atoms with van der Waals surface area (Å²) in [4.78, 5) is 16.1. The fourth-order valence-corrected chi connectivity index (χ4v) is 2.06. The van der Waals surface area contributed by atoms with Crippen molar-refractivity contribution in [2.24, 2.45) is 0 Å². The number of alkyl carbamates (subject to hydrolysis) is 1. The monoisotopic (exact) mass is 336 g/mol. The number of benzene rings is 1. The standard InChI is InChI=1S/C15H17BrN2O2/c1-15(2,3)20-14(19)17-9-12-7-5-10-4-6-11(16)8-13(10)18-12/h4-8H,9H2,1-3H3,(H,17,19). The minimum Gasteiger partial charge on any atom is -0.444 e. The van der Waals surface area contributed by atoms with E-state index in [1.807, 2.05) is 51.1 Å². The summed E-state index contributed by atoms with van der Waals surface area (Å²) in [6.45, 7) is 5.84. The van der Waals surface area contributed by atoms with Gasteiger partial charge in [-0.1, -0.05) is 28.1 Å². The molecule has 106 valence electrons. The van der Waals surface area contributed by atoms with Gasteiger partial charge in [0.2, 0.25) is 0 Å². The summed E-state index contributed by atoms with van der Waals surface area (Å²) in [5.74, 6) is 0. The molecule has 0 spiro atoms. The van der Waals surface area contributed by atoms with Gasteiger partial charge in [-0.05, 0) is 39.0 Å². The number of aromatic nitrogens is 1. The molecule has 0 aliphatic heterocycles. The van der Waals surface area contributed by atoms with E-state index in [0.717, 1.165) is 21.1 Å². The van der Waals surface area contributed by atoms with Crippen molar-refractivity contribution in [3.63, 3.8) is 0 Å². The van der Waals surface area contributed by atoms with Crippen LogP contribution in [0.2, 0.25) is 0 Å². The van der Waals surface area contributed by atoms with Gasteiger partial charge in [-0.3, -0.25) is 4.98 Å². The number of hydrogen-bond acceptors (Lipinski definition) is 3. The topological polar surface area (TPSA) is 51.2 Å². The highest BCUT2D eigenvalue weighted by molar-refractivity contribution is 9.10. The number of carbonyl (C=O) groups is 1. The molecule has 0 aliphatic carbocycles. The lowest BCUT2D eigenvalue weighted by Crippen LogP contribution is -2.32. The van der Waals surface area contributed by atoms with Crippen LogP contribution in [0, 0.1) is 0 Å². The van der Waals surface area contributed by atoms with Gasteiger partial charge >= 0.3 is 6.09 Å². The second kappa shape index (κ2) is 5.79. The lowest BCUT2D eigenvalue weighted by Gasteiger charge is -2.19. The largest absolute Gasteiger partial charge is 0.444 e. The number of halogens is 1. The number of nitrogens with zero attached hydrogens (tertiary/aromatic N) is 1. The number of fused-ring (bicyclic) bond motifs is 1. The smallest absolute Gasteiger partial charge is 0.407 e. The molecule has 1 heterocycles. The average Bonchev–Trinajstić information content (AvgIpc) is 2.33.